The summed E-state index contributed by atoms with van der Waals surface area (Å²) in [6.45, 7) is 0.219. The van der Waals surface area contributed by atoms with E-state index in [-0.39, 0.29) is 29.0 Å². The monoisotopic (exact) mass is 364 g/mol. The maximum Gasteiger partial charge on any atom is 0.268 e. The molecule has 5 nitrogen and oxygen atoms in total. The number of pyridine rings is 1. The molecule has 0 saturated heterocycles. The SMILES string of the molecule is N#Cc1cc(C(=O)c2cc(Cl)ccc2O)cn(Cc2ccccc2)c1=O. The molecule has 0 aliphatic heterocycles. The number of hydrogen-bond acceptors (Lipinski definition) is 4. The van der Waals surface area contributed by atoms with Gasteiger partial charge in [0, 0.05) is 16.8 Å². The zero-order chi connectivity index (χ0) is 18.7. The van der Waals surface area contributed by atoms with E-state index in [2.05, 4.69) is 0 Å². The van der Waals surface area contributed by atoms with E-state index in [4.69, 9.17) is 11.6 Å². The molecule has 0 unspecified atom stereocenters. The first kappa shape index (κ1) is 17.5. The topological polar surface area (TPSA) is 83.1 Å². The zero-order valence-electron chi connectivity index (χ0n) is 13.5. The van der Waals surface area contributed by atoms with Gasteiger partial charge in [0.25, 0.3) is 5.56 Å². The highest BCUT2D eigenvalue weighted by Crippen LogP contribution is 2.24. The van der Waals surface area contributed by atoms with Crippen LogP contribution in [0.3, 0.4) is 0 Å². The highest BCUT2D eigenvalue weighted by Gasteiger charge is 2.17. The van der Waals surface area contributed by atoms with Crippen LogP contribution in [0.25, 0.3) is 0 Å². The first-order chi connectivity index (χ1) is 12.5. The highest BCUT2D eigenvalue weighted by atomic mass is 35.5. The largest absolute Gasteiger partial charge is 0.507 e. The minimum atomic E-state index is -0.525. The maximum atomic E-state index is 12.8. The molecule has 0 radical (unpaired) electrons. The van der Waals surface area contributed by atoms with Crippen LogP contribution in [-0.2, 0) is 6.54 Å². The number of carbonyl (C=O) groups is 1. The number of nitriles is 1. The molecule has 1 heterocycles. The summed E-state index contributed by atoms with van der Waals surface area (Å²) in [4.78, 5) is 25.2. The van der Waals surface area contributed by atoms with Crippen LogP contribution in [0.1, 0.15) is 27.0 Å². The van der Waals surface area contributed by atoms with E-state index in [9.17, 15) is 20.0 Å². The Hall–Kier alpha value is -3.36. The van der Waals surface area contributed by atoms with Crippen LogP contribution in [0.2, 0.25) is 5.02 Å². The number of hydrogen-bond donors (Lipinski definition) is 1. The molecule has 3 aromatic rings. The molecule has 128 valence electrons. The first-order valence-electron chi connectivity index (χ1n) is 7.71. The Morgan fingerprint density at radius 1 is 1.15 bits per heavy atom. The molecule has 26 heavy (non-hydrogen) atoms. The third kappa shape index (κ3) is 3.51. The van der Waals surface area contributed by atoms with Gasteiger partial charge in [-0.15, -0.1) is 0 Å². The summed E-state index contributed by atoms with van der Waals surface area (Å²) < 4.78 is 1.31. The van der Waals surface area contributed by atoms with Crippen molar-refractivity contribution < 1.29 is 9.90 Å². The van der Waals surface area contributed by atoms with Gasteiger partial charge in [0.15, 0.2) is 5.78 Å². The molecule has 0 spiro atoms. The number of carbonyl (C=O) groups excluding carboxylic acids is 1. The van der Waals surface area contributed by atoms with Gasteiger partial charge < -0.3 is 9.67 Å². The molecule has 0 atom stereocenters. The number of phenols is 1. The molecule has 3 rings (SSSR count). The Morgan fingerprint density at radius 3 is 2.58 bits per heavy atom. The molecule has 0 fully saturated rings. The van der Waals surface area contributed by atoms with Crippen LogP contribution in [0, 0.1) is 11.3 Å². The number of rotatable bonds is 4. The van der Waals surface area contributed by atoms with Crippen molar-refractivity contribution in [1.29, 1.82) is 5.26 Å². The average molecular weight is 365 g/mol. The molecule has 0 aliphatic carbocycles. The molecule has 1 aromatic heterocycles. The minimum absolute atomic E-state index is 0.00583. The first-order valence-corrected chi connectivity index (χ1v) is 8.09. The second-order valence-corrected chi connectivity index (χ2v) is 6.10. The molecule has 0 saturated carbocycles. The summed E-state index contributed by atoms with van der Waals surface area (Å²) in [5.41, 5.74) is 0.353. The molecule has 1 N–H and O–H groups in total. The number of ketones is 1. The van der Waals surface area contributed by atoms with Crippen molar-refractivity contribution in [2.45, 2.75) is 6.54 Å². The summed E-state index contributed by atoms with van der Waals surface area (Å²) in [6.07, 6.45) is 1.39. The third-order valence-electron chi connectivity index (χ3n) is 3.87. The second-order valence-electron chi connectivity index (χ2n) is 5.66. The minimum Gasteiger partial charge on any atom is -0.507 e. The van der Waals surface area contributed by atoms with Crippen LogP contribution >= 0.6 is 11.6 Å². The third-order valence-corrected chi connectivity index (χ3v) is 4.10. The Balaban J connectivity index is 2.09. The van der Waals surface area contributed by atoms with Crippen LogP contribution in [0.4, 0.5) is 0 Å². The van der Waals surface area contributed by atoms with Gasteiger partial charge in [0.05, 0.1) is 12.1 Å². The van der Waals surface area contributed by atoms with Crippen molar-refractivity contribution in [3.8, 4) is 11.8 Å². The lowest BCUT2D eigenvalue weighted by molar-refractivity contribution is 0.103. The molecule has 0 aliphatic rings. The summed E-state index contributed by atoms with van der Waals surface area (Å²) in [5, 5.41) is 19.5. The second kappa shape index (κ2) is 7.26. The Morgan fingerprint density at radius 2 is 1.88 bits per heavy atom. The number of aromatic hydroxyl groups is 1. The van der Waals surface area contributed by atoms with Crippen molar-refractivity contribution in [3.05, 3.63) is 98.4 Å². The number of phenolic OH excluding ortho intramolecular Hbond substituents is 1. The van der Waals surface area contributed by atoms with Gasteiger partial charge in [-0.05, 0) is 29.8 Å². The normalized spacial score (nSPS) is 10.3. The Labute approximate surface area is 154 Å². The average Bonchev–Trinajstić information content (AvgIpc) is 2.65. The smallest absolute Gasteiger partial charge is 0.268 e. The molecule has 0 amide bonds. The van der Waals surface area contributed by atoms with E-state index in [0.29, 0.717) is 5.02 Å². The van der Waals surface area contributed by atoms with E-state index >= 15 is 0 Å². The number of halogens is 1. The van der Waals surface area contributed by atoms with Crippen molar-refractivity contribution in [3.63, 3.8) is 0 Å². The summed E-state index contributed by atoms with van der Waals surface area (Å²) in [6, 6.07) is 16.4. The van der Waals surface area contributed by atoms with Crippen molar-refractivity contribution in [2.24, 2.45) is 0 Å². The number of aromatic nitrogens is 1. The summed E-state index contributed by atoms with van der Waals surface area (Å²) >= 11 is 5.90. The van der Waals surface area contributed by atoms with E-state index < -0.39 is 11.3 Å². The van der Waals surface area contributed by atoms with Crippen LogP contribution in [0.5, 0.6) is 5.75 Å². The quantitative estimate of drug-likeness (QED) is 0.719. The fraction of sp³-hybridized carbons (Fsp3) is 0.0500. The van der Waals surface area contributed by atoms with Gasteiger partial charge in [-0.1, -0.05) is 41.9 Å². The van der Waals surface area contributed by atoms with Gasteiger partial charge in [0.2, 0.25) is 0 Å². The molecule has 0 bridgehead atoms. The molecule has 6 heteroatoms. The van der Waals surface area contributed by atoms with Crippen LogP contribution < -0.4 is 5.56 Å². The van der Waals surface area contributed by atoms with Crippen molar-refractivity contribution in [2.75, 3.05) is 0 Å². The van der Waals surface area contributed by atoms with Crippen molar-refractivity contribution in [1.82, 2.24) is 4.57 Å². The van der Waals surface area contributed by atoms with E-state index in [0.717, 1.165) is 5.56 Å². The van der Waals surface area contributed by atoms with Gasteiger partial charge in [-0.25, -0.2) is 0 Å². The zero-order valence-corrected chi connectivity index (χ0v) is 14.3. The maximum absolute atomic E-state index is 12.8. The number of benzene rings is 2. The van der Waals surface area contributed by atoms with Crippen LogP contribution in [0.15, 0.2) is 65.6 Å². The Kier molecular flexibility index (Phi) is 4.87. The predicted octanol–water partition coefficient (Wildman–Crippen LogP) is 3.36. The standard InChI is InChI=1S/C20H13ClN2O3/c21-16-6-7-18(24)17(9-16)19(25)15-8-14(10-22)20(26)23(12-15)11-13-4-2-1-3-5-13/h1-9,12,24H,11H2. The number of nitrogens with zero attached hydrogens (tertiary/aromatic N) is 2. The highest BCUT2D eigenvalue weighted by molar-refractivity contribution is 6.31. The van der Waals surface area contributed by atoms with E-state index in [1.807, 2.05) is 36.4 Å². The van der Waals surface area contributed by atoms with E-state index in [1.165, 1.54) is 35.0 Å². The molecule has 2 aromatic carbocycles. The van der Waals surface area contributed by atoms with Gasteiger partial charge in [-0.2, -0.15) is 5.26 Å². The lowest BCUT2D eigenvalue weighted by Gasteiger charge is -2.10. The lowest BCUT2D eigenvalue weighted by Crippen LogP contribution is -2.24. The molecular formula is C20H13ClN2O3. The summed E-state index contributed by atoms with van der Waals surface area (Å²) in [5.74, 6) is -0.748. The fourth-order valence-electron chi connectivity index (χ4n) is 2.58. The van der Waals surface area contributed by atoms with Gasteiger partial charge >= 0.3 is 0 Å². The fourth-order valence-corrected chi connectivity index (χ4v) is 2.76. The van der Waals surface area contributed by atoms with E-state index in [1.54, 1.807) is 0 Å². The summed E-state index contributed by atoms with van der Waals surface area (Å²) in [7, 11) is 0. The van der Waals surface area contributed by atoms with Gasteiger partial charge in [0.1, 0.15) is 17.4 Å². The Bertz CT molecular complexity index is 1080. The van der Waals surface area contributed by atoms with Gasteiger partial charge in [-0.3, -0.25) is 9.59 Å². The predicted molar refractivity (Wildman–Crippen MR) is 97.5 cm³/mol. The van der Waals surface area contributed by atoms with Crippen LogP contribution in [-0.4, -0.2) is 15.5 Å². The molecular weight excluding hydrogens is 352 g/mol. The van der Waals surface area contributed by atoms with Crippen molar-refractivity contribution >= 4 is 17.4 Å². The lowest BCUT2D eigenvalue weighted by atomic mass is 10.0.